The van der Waals surface area contributed by atoms with Gasteiger partial charge < -0.3 is 25.4 Å². The number of nitrogens with one attached hydrogen (secondary N) is 2. The minimum absolute atomic E-state index is 0.0248. The Labute approximate surface area is 261 Å². The van der Waals surface area contributed by atoms with Crippen LogP contribution in [0.15, 0.2) is 42.5 Å². The molecule has 3 N–H and O–H groups in total. The average molecular weight is 653 g/mol. The molecule has 11 nitrogen and oxygen atoms in total. The number of alkyl carbamates (subject to hydrolysis) is 1. The summed E-state index contributed by atoms with van der Waals surface area (Å²) in [6.45, 7) is 3.83. The van der Waals surface area contributed by atoms with Crippen LogP contribution >= 0.6 is 11.6 Å². The quantitative estimate of drug-likeness (QED) is 0.357. The van der Waals surface area contributed by atoms with E-state index in [1.54, 1.807) is 24.3 Å². The van der Waals surface area contributed by atoms with Crippen molar-refractivity contribution in [2.45, 2.75) is 63.6 Å². The molecule has 2 heterocycles. The predicted molar refractivity (Wildman–Crippen MR) is 164 cm³/mol. The summed E-state index contributed by atoms with van der Waals surface area (Å²) in [5.41, 5.74) is 1.05. The van der Waals surface area contributed by atoms with E-state index in [-0.39, 0.29) is 48.9 Å². The number of rotatable bonds is 9. The second kappa shape index (κ2) is 14.1. The van der Waals surface area contributed by atoms with Gasteiger partial charge in [-0.05, 0) is 61.4 Å². The number of amides is 3. The van der Waals surface area contributed by atoms with E-state index in [4.69, 9.17) is 16.3 Å². The van der Waals surface area contributed by atoms with Crippen molar-refractivity contribution in [3.63, 3.8) is 0 Å². The van der Waals surface area contributed by atoms with Crippen molar-refractivity contribution >= 4 is 45.4 Å². The number of methoxy groups -OCH3 is 1. The van der Waals surface area contributed by atoms with Crippen molar-refractivity contribution in [1.29, 1.82) is 0 Å². The van der Waals surface area contributed by atoms with Crippen molar-refractivity contribution in [2.75, 3.05) is 31.3 Å². The summed E-state index contributed by atoms with van der Waals surface area (Å²) < 4.78 is 47.5. The van der Waals surface area contributed by atoms with Crippen LogP contribution in [-0.4, -0.2) is 84.9 Å². The molecule has 3 amide bonds. The maximum atomic E-state index is 15.3. The maximum absolute atomic E-state index is 15.3. The number of carboxylic acid groups (broad SMARTS) is 1. The van der Waals surface area contributed by atoms with Gasteiger partial charge in [-0.25, -0.2) is 22.4 Å². The molecule has 14 heteroatoms. The van der Waals surface area contributed by atoms with Crippen LogP contribution in [0.1, 0.15) is 50.2 Å². The highest BCUT2D eigenvalue weighted by molar-refractivity contribution is 7.89. The summed E-state index contributed by atoms with van der Waals surface area (Å²) in [5, 5.41) is 15.7. The van der Waals surface area contributed by atoms with Crippen LogP contribution in [0.2, 0.25) is 5.02 Å². The van der Waals surface area contributed by atoms with Crippen molar-refractivity contribution in [1.82, 2.24) is 14.5 Å². The molecule has 2 aromatic carbocycles. The van der Waals surface area contributed by atoms with Crippen molar-refractivity contribution in [3.8, 4) is 0 Å². The standard InChI is InChI=1S/C30H38ClFN4O7S/c1-18(2)26(19-9-11-20(31)12-10-19)27(34-29(38)43-3)28(37)33-25-8-4-7-24(32)23(25)14-13-22-16-35(30(39)40)21-6-5-15-44(41,42)36(22)17-21/h4,7-12,18,21-22,26-27H,5-6,13-17H2,1-3H3,(H,33,37)(H,34,38)(H,39,40)/t21?,22?,26-,27+/m1/s1. The zero-order valence-electron chi connectivity index (χ0n) is 24.8. The summed E-state index contributed by atoms with van der Waals surface area (Å²) in [5.74, 6) is -1.93. The average Bonchev–Trinajstić information content (AvgIpc) is 3.09. The number of nitrogens with zero attached hydrogens (tertiary/aromatic N) is 2. The van der Waals surface area contributed by atoms with E-state index in [0.717, 1.165) is 5.56 Å². The Morgan fingerprint density at radius 2 is 1.84 bits per heavy atom. The molecule has 2 aromatic rings. The number of ether oxygens (including phenoxy) is 1. The molecule has 0 radical (unpaired) electrons. The molecule has 5 atom stereocenters. The monoisotopic (exact) mass is 652 g/mol. The molecular weight excluding hydrogens is 615 g/mol. The highest BCUT2D eigenvalue weighted by Crippen LogP contribution is 2.32. The molecule has 2 aliphatic heterocycles. The number of hydrogen-bond acceptors (Lipinski definition) is 6. The Morgan fingerprint density at radius 3 is 2.48 bits per heavy atom. The van der Waals surface area contributed by atoms with Crippen LogP contribution in [0.5, 0.6) is 0 Å². The van der Waals surface area contributed by atoms with Crippen molar-refractivity contribution in [2.24, 2.45) is 5.92 Å². The minimum atomic E-state index is -3.62. The summed E-state index contributed by atoms with van der Waals surface area (Å²) in [4.78, 5) is 39.4. The first-order valence-corrected chi connectivity index (χ1v) is 16.5. The third-order valence-corrected chi connectivity index (χ3v) is 10.6. The zero-order chi connectivity index (χ0) is 32.2. The highest BCUT2D eigenvalue weighted by atomic mass is 35.5. The van der Waals surface area contributed by atoms with Gasteiger partial charge >= 0.3 is 12.2 Å². The number of halogens is 2. The van der Waals surface area contributed by atoms with E-state index >= 15 is 4.39 Å². The fourth-order valence-electron chi connectivity index (χ4n) is 6.20. The molecule has 0 saturated carbocycles. The van der Waals surface area contributed by atoms with Gasteiger partial charge in [0.15, 0.2) is 0 Å². The molecule has 0 aliphatic carbocycles. The van der Waals surface area contributed by atoms with Gasteiger partial charge in [0.25, 0.3) is 0 Å². The number of piperazine rings is 1. The van der Waals surface area contributed by atoms with E-state index in [2.05, 4.69) is 10.6 Å². The first-order valence-electron chi connectivity index (χ1n) is 14.5. The van der Waals surface area contributed by atoms with Crippen LogP contribution < -0.4 is 10.6 Å². The number of anilines is 1. The fourth-order valence-corrected chi connectivity index (χ4v) is 8.12. The zero-order valence-corrected chi connectivity index (χ0v) is 26.4. The maximum Gasteiger partial charge on any atom is 0.407 e. The second-order valence-electron chi connectivity index (χ2n) is 11.5. The van der Waals surface area contributed by atoms with Crippen LogP contribution in [0.4, 0.5) is 19.7 Å². The third kappa shape index (κ3) is 7.62. The number of hydrogen-bond donors (Lipinski definition) is 3. The van der Waals surface area contributed by atoms with E-state index in [1.807, 2.05) is 13.8 Å². The molecule has 3 unspecified atom stereocenters. The highest BCUT2D eigenvalue weighted by Gasteiger charge is 2.43. The van der Waals surface area contributed by atoms with Crippen molar-refractivity contribution < 1.29 is 37.0 Å². The van der Waals surface area contributed by atoms with Gasteiger partial charge in [0, 0.05) is 47.4 Å². The Bertz CT molecular complexity index is 1470. The molecule has 2 fully saturated rings. The number of fused-ring (bicyclic) bond motifs is 2. The van der Waals surface area contributed by atoms with E-state index in [1.165, 1.54) is 34.5 Å². The lowest BCUT2D eigenvalue weighted by atomic mass is 9.82. The van der Waals surface area contributed by atoms with Crippen LogP contribution in [0.25, 0.3) is 0 Å². The summed E-state index contributed by atoms with van der Waals surface area (Å²) in [7, 11) is -2.43. The number of sulfonamides is 1. The van der Waals surface area contributed by atoms with E-state index in [9.17, 15) is 27.9 Å². The van der Waals surface area contributed by atoms with Crippen molar-refractivity contribution in [3.05, 3.63) is 64.4 Å². The predicted octanol–water partition coefficient (Wildman–Crippen LogP) is 4.67. The minimum Gasteiger partial charge on any atom is -0.465 e. The normalized spacial score (nSPS) is 22.4. The van der Waals surface area contributed by atoms with Crippen LogP contribution in [0, 0.1) is 11.7 Å². The molecule has 0 spiro atoms. The third-order valence-electron chi connectivity index (χ3n) is 8.37. The summed E-state index contributed by atoms with van der Waals surface area (Å²) in [6, 6.07) is 8.88. The van der Waals surface area contributed by atoms with E-state index < -0.39 is 58.0 Å². The Balaban J connectivity index is 1.60. The number of benzene rings is 2. The van der Waals surface area contributed by atoms with Gasteiger partial charge in [-0.2, -0.15) is 4.31 Å². The topological polar surface area (TPSA) is 145 Å². The van der Waals surface area contributed by atoms with E-state index in [0.29, 0.717) is 17.9 Å². The van der Waals surface area contributed by atoms with Gasteiger partial charge in [0.2, 0.25) is 15.9 Å². The van der Waals surface area contributed by atoms with Gasteiger partial charge in [-0.1, -0.05) is 43.6 Å². The molecule has 4 rings (SSSR count). The molecule has 44 heavy (non-hydrogen) atoms. The lowest BCUT2D eigenvalue weighted by Gasteiger charge is -2.43. The van der Waals surface area contributed by atoms with Gasteiger partial charge in [0.1, 0.15) is 11.9 Å². The molecule has 0 aromatic heterocycles. The number of carbonyl (C=O) groups is 3. The van der Waals surface area contributed by atoms with Gasteiger partial charge in [0.05, 0.1) is 12.9 Å². The summed E-state index contributed by atoms with van der Waals surface area (Å²) >= 11 is 6.07. The van der Waals surface area contributed by atoms with Crippen LogP contribution in [0.3, 0.4) is 0 Å². The smallest absolute Gasteiger partial charge is 0.407 e. The second-order valence-corrected chi connectivity index (χ2v) is 14.0. The lowest BCUT2D eigenvalue weighted by Crippen LogP contribution is -2.60. The molecule has 2 aliphatic rings. The van der Waals surface area contributed by atoms with Crippen LogP contribution in [-0.2, 0) is 26.0 Å². The first-order chi connectivity index (χ1) is 20.8. The largest absolute Gasteiger partial charge is 0.465 e. The lowest BCUT2D eigenvalue weighted by molar-refractivity contribution is -0.118. The van der Waals surface area contributed by atoms with Gasteiger partial charge in [-0.15, -0.1) is 0 Å². The summed E-state index contributed by atoms with van der Waals surface area (Å²) in [6.07, 6.45) is -0.979. The molecule has 2 saturated heterocycles. The SMILES string of the molecule is COC(=O)N[C@H](C(=O)Nc1cccc(F)c1CCC1CN(C(=O)O)C2CCCS(=O)(=O)N1C2)[C@@H](c1ccc(Cl)cc1)C(C)C. The fraction of sp³-hybridized carbons (Fsp3) is 0.500. The first kappa shape index (κ1) is 33.5. The Kier molecular flexibility index (Phi) is 10.7. The molecule has 2 bridgehead atoms. The number of carbonyl (C=O) groups excluding carboxylic acids is 2. The molecule has 240 valence electrons. The Morgan fingerprint density at radius 1 is 1.14 bits per heavy atom. The molecular formula is C30H38ClFN4O7S. The van der Waals surface area contributed by atoms with Gasteiger partial charge in [-0.3, -0.25) is 4.79 Å². The Hall–Kier alpha value is -3.42.